The molecule has 0 fully saturated rings. The molecule has 0 saturated heterocycles. The summed E-state index contributed by atoms with van der Waals surface area (Å²) in [6, 6.07) is 19.4. The van der Waals surface area contributed by atoms with E-state index in [0.717, 1.165) is 40.5 Å². The molecule has 128 valence electrons. The molecule has 0 aliphatic heterocycles. The van der Waals surface area contributed by atoms with Crippen LogP contribution in [0.25, 0.3) is 10.8 Å². The standard InChI is InChI=1S/C22H17NO3/c23-13-16-7-10-21(20-4-2-1-3-19(16)20)26-17-8-9-18-14(11-17)5-6-15(18)12-22(24)25/h1-4,7-11,15H,5-6,12H2,(H,24,25)/t15-/m0/s1. The Morgan fingerprint density at radius 1 is 1.15 bits per heavy atom. The van der Waals surface area contributed by atoms with Gasteiger partial charge in [-0.25, -0.2) is 0 Å². The van der Waals surface area contributed by atoms with Crippen molar-refractivity contribution in [1.29, 1.82) is 5.26 Å². The van der Waals surface area contributed by atoms with Crippen LogP contribution in [0.2, 0.25) is 0 Å². The van der Waals surface area contributed by atoms with Crippen LogP contribution in [0.4, 0.5) is 0 Å². The first kappa shape index (κ1) is 16.2. The molecule has 0 saturated carbocycles. The minimum atomic E-state index is -0.757. The predicted molar refractivity (Wildman–Crippen MR) is 98.5 cm³/mol. The van der Waals surface area contributed by atoms with Crippen LogP contribution in [0.3, 0.4) is 0 Å². The molecule has 0 bridgehead atoms. The van der Waals surface area contributed by atoms with E-state index in [0.29, 0.717) is 11.3 Å². The third-order valence-corrected chi connectivity index (χ3v) is 4.97. The number of fused-ring (bicyclic) bond motifs is 2. The third kappa shape index (κ3) is 2.89. The highest BCUT2D eigenvalue weighted by Crippen LogP contribution is 2.39. The van der Waals surface area contributed by atoms with Crippen LogP contribution in [0.15, 0.2) is 54.6 Å². The fourth-order valence-electron chi connectivity index (χ4n) is 3.75. The number of carbonyl (C=O) groups is 1. The summed E-state index contributed by atoms with van der Waals surface area (Å²) in [6.07, 6.45) is 1.91. The number of carboxylic acids is 1. The maximum absolute atomic E-state index is 11.0. The highest BCUT2D eigenvalue weighted by Gasteiger charge is 2.25. The molecule has 0 heterocycles. The van der Waals surface area contributed by atoms with Crippen molar-refractivity contribution in [3.05, 3.63) is 71.3 Å². The van der Waals surface area contributed by atoms with Crippen molar-refractivity contribution in [3.63, 3.8) is 0 Å². The summed E-state index contributed by atoms with van der Waals surface area (Å²) in [4.78, 5) is 11.0. The Bertz CT molecular complexity index is 1050. The summed E-state index contributed by atoms with van der Waals surface area (Å²) < 4.78 is 6.11. The van der Waals surface area contributed by atoms with Gasteiger partial charge in [-0.15, -0.1) is 0 Å². The second kappa shape index (κ2) is 6.53. The van der Waals surface area contributed by atoms with Gasteiger partial charge in [-0.1, -0.05) is 30.3 Å². The summed E-state index contributed by atoms with van der Waals surface area (Å²) in [5.74, 6) is 0.772. The second-order valence-corrected chi connectivity index (χ2v) is 6.56. The molecule has 0 unspecified atom stereocenters. The third-order valence-electron chi connectivity index (χ3n) is 4.97. The molecule has 26 heavy (non-hydrogen) atoms. The normalized spacial score (nSPS) is 15.4. The average molecular weight is 343 g/mol. The van der Waals surface area contributed by atoms with Gasteiger partial charge in [0.05, 0.1) is 18.1 Å². The van der Waals surface area contributed by atoms with Crippen LogP contribution >= 0.6 is 0 Å². The number of nitriles is 1. The zero-order valence-corrected chi connectivity index (χ0v) is 14.1. The first-order chi connectivity index (χ1) is 12.7. The molecular formula is C22H17NO3. The Hall–Kier alpha value is -3.32. The second-order valence-electron chi connectivity index (χ2n) is 6.56. The van der Waals surface area contributed by atoms with Crippen molar-refractivity contribution in [3.8, 4) is 17.6 Å². The maximum atomic E-state index is 11.0. The van der Waals surface area contributed by atoms with Crippen LogP contribution in [-0.2, 0) is 11.2 Å². The molecule has 4 heteroatoms. The maximum Gasteiger partial charge on any atom is 0.303 e. The topological polar surface area (TPSA) is 70.3 Å². The van der Waals surface area contributed by atoms with E-state index in [1.54, 1.807) is 6.07 Å². The van der Waals surface area contributed by atoms with Gasteiger partial charge in [0.25, 0.3) is 0 Å². The molecule has 0 radical (unpaired) electrons. The molecule has 1 N–H and O–H groups in total. The van der Waals surface area contributed by atoms with Gasteiger partial charge < -0.3 is 9.84 Å². The summed E-state index contributed by atoms with van der Waals surface area (Å²) >= 11 is 0. The summed E-state index contributed by atoms with van der Waals surface area (Å²) in [5.41, 5.74) is 2.90. The Kier molecular flexibility index (Phi) is 4.06. The van der Waals surface area contributed by atoms with E-state index in [4.69, 9.17) is 9.84 Å². The van der Waals surface area contributed by atoms with E-state index >= 15 is 0 Å². The molecule has 0 amide bonds. The lowest BCUT2D eigenvalue weighted by Crippen LogP contribution is -2.02. The Labute approximate surface area is 151 Å². The zero-order chi connectivity index (χ0) is 18.1. The van der Waals surface area contributed by atoms with Gasteiger partial charge in [0, 0.05) is 10.8 Å². The summed E-state index contributed by atoms with van der Waals surface area (Å²) in [6.45, 7) is 0. The van der Waals surface area contributed by atoms with Crippen molar-refractivity contribution < 1.29 is 14.6 Å². The van der Waals surface area contributed by atoms with Gasteiger partial charge in [-0.05, 0) is 54.2 Å². The lowest BCUT2D eigenvalue weighted by atomic mass is 9.98. The average Bonchev–Trinajstić information content (AvgIpc) is 3.03. The lowest BCUT2D eigenvalue weighted by molar-refractivity contribution is -0.137. The first-order valence-corrected chi connectivity index (χ1v) is 8.60. The number of nitrogens with zero attached hydrogens (tertiary/aromatic N) is 1. The van der Waals surface area contributed by atoms with E-state index < -0.39 is 5.97 Å². The molecule has 3 aromatic carbocycles. The smallest absolute Gasteiger partial charge is 0.303 e. The van der Waals surface area contributed by atoms with Crippen LogP contribution in [0, 0.1) is 11.3 Å². The van der Waals surface area contributed by atoms with Gasteiger partial charge in [-0.3, -0.25) is 4.79 Å². The summed E-state index contributed by atoms with van der Waals surface area (Å²) in [7, 11) is 0. The largest absolute Gasteiger partial charge is 0.481 e. The number of aryl methyl sites for hydroxylation is 1. The molecule has 1 atom stereocenters. The van der Waals surface area contributed by atoms with Gasteiger partial charge in [0.2, 0.25) is 0 Å². The van der Waals surface area contributed by atoms with E-state index in [1.165, 1.54) is 0 Å². The SMILES string of the molecule is N#Cc1ccc(Oc2ccc3c(c2)CC[C@H]3CC(=O)O)c2ccccc12. The Balaban J connectivity index is 1.66. The quantitative estimate of drug-likeness (QED) is 0.723. The minimum Gasteiger partial charge on any atom is -0.481 e. The predicted octanol–water partition coefficient (Wildman–Crippen LogP) is 5.01. The fourth-order valence-corrected chi connectivity index (χ4v) is 3.75. The van der Waals surface area contributed by atoms with Gasteiger partial charge in [0.15, 0.2) is 0 Å². The minimum absolute atomic E-state index is 0.0901. The van der Waals surface area contributed by atoms with Crippen molar-refractivity contribution in [2.24, 2.45) is 0 Å². The van der Waals surface area contributed by atoms with Crippen LogP contribution < -0.4 is 4.74 Å². The number of hydrogen-bond donors (Lipinski definition) is 1. The molecule has 1 aliphatic carbocycles. The van der Waals surface area contributed by atoms with Crippen molar-refractivity contribution >= 4 is 16.7 Å². The lowest BCUT2D eigenvalue weighted by Gasteiger charge is -2.12. The highest BCUT2D eigenvalue weighted by molar-refractivity contribution is 5.92. The Morgan fingerprint density at radius 2 is 1.96 bits per heavy atom. The number of ether oxygens (including phenoxy) is 1. The van der Waals surface area contributed by atoms with Gasteiger partial charge in [-0.2, -0.15) is 5.26 Å². The fraction of sp³-hybridized carbons (Fsp3) is 0.182. The zero-order valence-electron chi connectivity index (χ0n) is 14.1. The number of carboxylic acid groups (broad SMARTS) is 1. The molecule has 4 nitrogen and oxygen atoms in total. The monoisotopic (exact) mass is 343 g/mol. The van der Waals surface area contributed by atoms with Crippen molar-refractivity contribution in [2.45, 2.75) is 25.2 Å². The first-order valence-electron chi connectivity index (χ1n) is 8.60. The molecule has 3 aromatic rings. The van der Waals surface area contributed by atoms with E-state index in [-0.39, 0.29) is 12.3 Å². The van der Waals surface area contributed by atoms with E-state index in [9.17, 15) is 10.1 Å². The van der Waals surface area contributed by atoms with Crippen molar-refractivity contribution in [2.75, 3.05) is 0 Å². The van der Waals surface area contributed by atoms with Gasteiger partial charge in [0.1, 0.15) is 11.5 Å². The van der Waals surface area contributed by atoms with Crippen LogP contribution in [-0.4, -0.2) is 11.1 Å². The highest BCUT2D eigenvalue weighted by atomic mass is 16.5. The number of aliphatic carboxylic acids is 1. The molecule has 4 rings (SSSR count). The van der Waals surface area contributed by atoms with Crippen molar-refractivity contribution in [1.82, 2.24) is 0 Å². The van der Waals surface area contributed by atoms with E-state index in [2.05, 4.69) is 6.07 Å². The number of rotatable bonds is 4. The summed E-state index contributed by atoms with van der Waals surface area (Å²) in [5, 5.41) is 20.1. The van der Waals surface area contributed by atoms with Gasteiger partial charge >= 0.3 is 5.97 Å². The van der Waals surface area contributed by atoms with E-state index in [1.807, 2.05) is 48.5 Å². The Morgan fingerprint density at radius 3 is 2.73 bits per heavy atom. The van der Waals surface area contributed by atoms with Crippen LogP contribution in [0.1, 0.15) is 35.4 Å². The molecule has 0 aromatic heterocycles. The molecule has 1 aliphatic rings. The molecule has 0 spiro atoms. The number of benzene rings is 3. The number of hydrogen-bond acceptors (Lipinski definition) is 3. The molecular weight excluding hydrogens is 326 g/mol. The van der Waals surface area contributed by atoms with Crippen LogP contribution in [0.5, 0.6) is 11.5 Å².